The number of nitrogens with two attached hydrogens (primary N) is 1. The van der Waals surface area contributed by atoms with Crippen LogP contribution in [0.25, 0.3) is 10.9 Å². The quantitative estimate of drug-likeness (QED) is 0.766. The number of carboxylic acid groups (broad SMARTS) is 1. The van der Waals surface area contributed by atoms with E-state index in [0.717, 1.165) is 0 Å². The maximum Gasteiger partial charge on any atom is 0.355 e. The zero-order valence-corrected chi connectivity index (χ0v) is 8.19. The predicted molar refractivity (Wildman–Crippen MR) is 55.9 cm³/mol. The average molecular weight is 224 g/mol. The Balaban J connectivity index is 2.86. The number of carboxylic acids is 1. The Morgan fingerprint density at radius 3 is 2.80 bits per heavy atom. The summed E-state index contributed by atoms with van der Waals surface area (Å²) in [5.74, 6) is -1.22. The summed E-state index contributed by atoms with van der Waals surface area (Å²) in [5.41, 5.74) is 5.69. The number of rotatable bonds is 1. The highest BCUT2D eigenvalue weighted by molar-refractivity contribution is 6.31. The summed E-state index contributed by atoms with van der Waals surface area (Å²) in [4.78, 5) is 18.4. The lowest BCUT2D eigenvalue weighted by atomic mass is 10.2. The van der Waals surface area contributed by atoms with Gasteiger partial charge in [0.1, 0.15) is 0 Å². The molecule has 2 rings (SSSR count). The molecule has 6 heteroatoms. The molecule has 0 bridgehead atoms. The second-order valence-corrected chi connectivity index (χ2v) is 3.33. The SMILES string of the molecule is Nc1nc(C(=O)O)c2ccc(Cl)cc2n1. The van der Waals surface area contributed by atoms with Crippen molar-refractivity contribution in [3.05, 3.63) is 28.9 Å². The molecule has 15 heavy (non-hydrogen) atoms. The van der Waals surface area contributed by atoms with E-state index in [0.29, 0.717) is 15.9 Å². The summed E-state index contributed by atoms with van der Waals surface area (Å²) in [6, 6.07) is 4.68. The van der Waals surface area contributed by atoms with Crippen LogP contribution in [0.5, 0.6) is 0 Å². The average Bonchev–Trinajstić information content (AvgIpc) is 2.15. The molecule has 3 N–H and O–H groups in total. The molecule has 1 aromatic carbocycles. The number of carbonyl (C=O) groups is 1. The molecule has 5 nitrogen and oxygen atoms in total. The summed E-state index contributed by atoms with van der Waals surface area (Å²) < 4.78 is 0. The molecule has 1 aromatic heterocycles. The zero-order chi connectivity index (χ0) is 11.0. The molecular weight excluding hydrogens is 218 g/mol. The number of nitrogens with zero attached hydrogens (tertiary/aromatic N) is 2. The number of nitrogen functional groups attached to an aromatic ring is 1. The molecule has 1 heterocycles. The van der Waals surface area contributed by atoms with E-state index < -0.39 is 5.97 Å². The third-order valence-electron chi connectivity index (χ3n) is 1.88. The highest BCUT2D eigenvalue weighted by atomic mass is 35.5. The smallest absolute Gasteiger partial charge is 0.355 e. The number of aromatic nitrogens is 2. The van der Waals surface area contributed by atoms with Gasteiger partial charge in [0, 0.05) is 10.4 Å². The van der Waals surface area contributed by atoms with Gasteiger partial charge in [0.25, 0.3) is 0 Å². The second-order valence-electron chi connectivity index (χ2n) is 2.90. The van der Waals surface area contributed by atoms with E-state index in [4.69, 9.17) is 22.4 Å². The van der Waals surface area contributed by atoms with Crippen molar-refractivity contribution in [1.29, 1.82) is 0 Å². The Morgan fingerprint density at radius 1 is 1.40 bits per heavy atom. The first kappa shape index (κ1) is 9.67. The predicted octanol–water partition coefficient (Wildman–Crippen LogP) is 1.56. The van der Waals surface area contributed by atoms with Crippen molar-refractivity contribution in [2.45, 2.75) is 0 Å². The van der Waals surface area contributed by atoms with Crippen LogP contribution in [0.3, 0.4) is 0 Å². The third-order valence-corrected chi connectivity index (χ3v) is 2.11. The number of fused-ring (bicyclic) bond motifs is 1. The van der Waals surface area contributed by atoms with E-state index in [-0.39, 0.29) is 11.6 Å². The Labute approximate surface area is 89.5 Å². The van der Waals surface area contributed by atoms with E-state index in [1.54, 1.807) is 18.2 Å². The number of benzene rings is 1. The minimum Gasteiger partial charge on any atom is -0.476 e. The number of aromatic carboxylic acids is 1. The molecular formula is C9H6ClN3O2. The Hall–Kier alpha value is -1.88. The molecule has 0 fully saturated rings. The van der Waals surface area contributed by atoms with Crippen LogP contribution in [0.1, 0.15) is 10.5 Å². The third kappa shape index (κ3) is 1.69. The van der Waals surface area contributed by atoms with Gasteiger partial charge in [-0.1, -0.05) is 11.6 Å². The van der Waals surface area contributed by atoms with E-state index >= 15 is 0 Å². The highest BCUT2D eigenvalue weighted by Gasteiger charge is 2.12. The maximum absolute atomic E-state index is 10.9. The normalized spacial score (nSPS) is 10.5. The molecule has 76 valence electrons. The second kappa shape index (κ2) is 3.36. The maximum atomic E-state index is 10.9. The van der Waals surface area contributed by atoms with Crippen molar-refractivity contribution in [3.8, 4) is 0 Å². The van der Waals surface area contributed by atoms with Crippen LogP contribution in [0.2, 0.25) is 5.02 Å². The first-order chi connectivity index (χ1) is 7.08. The van der Waals surface area contributed by atoms with Gasteiger partial charge in [-0.15, -0.1) is 0 Å². The summed E-state index contributed by atoms with van der Waals surface area (Å²) in [6.07, 6.45) is 0. The van der Waals surface area contributed by atoms with Gasteiger partial charge in [0.2, 0.25) is 5.95 Å². The Bertz CT molecular complexity index is 551. The molecule has 0 saturated carbocycles. The van der Waals surface area contributed by atoms with Crippen molar-refractivity contribution in [2.24, 2.45) is 0 Å². The van der Waals surface area contributed by atoms with Crippen molar-refractivity contribution >= 4 is 34.4 Å². The van der Waals surface area contributed by atoms with Crippen LogP contribution < -0.4 is 5.73 Å². The van der Waals surface area contributed by atoms with Crippen molar-refractivity contribution in [2.75, 3.05) is 5.73 Å². The monoisotopic (exact) mass is 223 g/mol. The van der Waals surface area contributed by atoms with Crippen molar-refractivity contribution in [3.63, 3.8) is 0 Å². The number of hydrogen-bond acceptors (Lipinski definition) is 4. The van der Waals surface area contributed by atoms with Gasteiger partial charge in [-0.3, -0.25) is 0 Å². The van der Waals surface area contributed by atoms with Crippen LogP contribution in [0.4, 0.5) is 5.95 Å². The summed E-state index contributed by atoms with van der Waals surface area (Å²) in [5, 5.41) is 9.78. The molecule has 0 atom stereocenters. The molecule has 2 aromatic rings. The van der Waals surface area contributed by atoms with Crippen LogP contribution in [-0.4, -0.2) is 21.0 Å². The molecule has 0 aliphatic heterocycles. The highest BCUT2D eigenvalue weighted by Crippen LogP contribution is 2.20. The Kier molecular flexibility index (Phi) is 2.17. The van der Waals surface area contributed by atoms with Gasteiger partial charge in [0.15, 0.2) is 5.69 Å². The lowest BCUT2D eigenvalue weighted by Crippen LogP contribution is -2.06. The number of halogens is 1. The lowest BCUT2D eigenvalue weighted by Gasteiger charge is -2.02. The number of hydrogen-bond donors (Lipinski definition) is 2. The molecule has 0 saturated heterocycles. The van der Waals surface area contributed by atoms with Crippen molar-refractivity contribution < 1.29 is 9.90 Å². The molecule has 0 radical (unpaired) electrons. The molecule has 0 unspecified atom stereocenters. The molecule has 0 aliphatic carbocycles. The van der Waals surface area contributed by atoms with Crippen LogP contribution in [0, 0.1) is 0 Å². The topological polar surface area (TPSA) is 89.1 Å². The van der Waals surface area contributed by atoms with Crippen LogP contribution in [-0.2, 0) is 0 Å². The van der Waals surface area contributed by atoms with E-state index in [2.05, 4.69) is 9.97 Å². The summed E-state index contributed by atoms with van der Waals surface area (Å²) in [6.45, 7) is 0. The largest absolute Gasteiger partial charge is 0.476 e. The van der Waals surface area contributed by atoms with Crippen LogP contribution >= 0.6 is 11.6 Å². The fourth-order valence-electron chi connectivity index (χ4n) is 1.28. The van der Waals surface area contributed by atoms with Gasteiger partial charge >= 0.3 is 5.97 Å². The minimum atomic E-state index is -1.14. The Morgan fingerprint density at radius 2 is 2.13 bits per heavy atom. The first-order valence-electron chi connectivity index (χ1n) is 4.04. The van der Waals surface area contributed by atoms with Crippen molar-refractivity contribution in [1.82, 2.24) is 9.97 Å². The number of anilines is 1. The summed E-state index contributed by atoms with van der Waals surface area (Å²) >= 11 is 5.75. The summed E-state index contributed by atoms with van der Waals surface area (Å²) in [7, 11) is 0. The van der Waals surface area contributed by atoms with Gasteiger partial charge in [0.05, 0.1) is 5.52 Å². The first-order valence-corrected chi connectivity index (χ1v) is 4.42. The van der Waals surface area contributed by atoms with Gasteiger partial charge in [-0.2, -0.15) is 0 Å². The minimum absolute atomic E-state index is 0.0813. The van der Waals surface area contributed by atoms with Gasteiger partial charge in [-0.25, -0.2) is 14.8 Å². The van der Waals surface area contributed by atoms with E-state index in [1.165, 1.54) is 0 Å². The standard InChI is InChI=1S/C9H6ClN3O2/c10-4-1-2-5-6(3-4)12-9(11)13-7(5)8(14)15/h1-3H,(H,14,15)(H2,11,12,13). The van der Waals surface area contributed by atoms with E-state index in [9.17, 15) is 4.79 Å². The fourth-order valence-corrected chi connectivity index (χ4v) is 1.45. The molecule has 0 aliphatic rings. The lowest BCUT2D eigenvalue weighted by molar-refractivity contribution is 0.0693. The molecule has 0 spiro atoms. The van der Waals surface area contributed by atoms with Crippen LogP contribution in [0.15, 0.2) is 18.2 Å². The zero-order valence-electron chi connectivity index (χ0n) is 7.44. The fraction of sp³-hybridized carbons (Fsp3) is 0. The van der Waals surface area contributed by atoms with E-state index in [1.807, 2.05) is 0 Å². The van der Waals surface area contributed by atoms with Gasteiger partial charge in [-0.05, 0) is 18.2 Å². The molecule has 0 amide bonds. The van der Waals surface area contributed by atoms with Gasteiger partial charge < -0.3 is 10.8 Å².